The van der Waals surface area contributed by atoms with Crippen LogP contribution in [0.3, 0.4) is 0 Å². The predicted molar refractivity (Wildman–Crippen MR) is 23.0 cm³/mol. The van der Waals surface area contributed by atoms with Crippen LogP contribution in [0.4, 0.5) is 0 Å². The molecule has 0 amide bonds. The van der Waals surface area contributed by atoms with Crippen LogP contribution in [0.1, 0.15) is 0 Å². The van der Waals surface area contributed by atoms with E-state index in [1.807, 2.05) is 0 Å². The van der Waals surface area contributed by atoms with E-state index in [0.29, 0.717) is 0 Å². The number of hydrogen-bond donors (Lipinski definition) is 0. The molecule has 0 heterocycles. The van der Waals surface area contributed by atoms with Gasteiger partial charge < -0.3 is 0 Å². The van der Waals surface area contributed by atoms with Crippen molar-refractivity contribution >= 4 is 17.2 Å². The zero-order valence-corrected chi connectivity index (χ0v) is 4.95. The summed E-state index contributed by atoms with van der Waals surface area (Å²) in [4.78, 5) is 0. The molecule has 0 bridgehead atoms. The largest absolute Gasteiger partial charge is 0.259 e. The maximum atomic E-state index is 9.55. The van der Waals surface area contributed by atoms with Crippen molar-refractivity contribution in [2.24, 2.45) is 0 Å². The SMILES string of the molecule is CN(P=O)P=O. The van der Waals surface area contributed by atoms with Gasteiger partial charge in [0.2, 0.25) is 0 Å². The van der Waals surface area contributed by atoms with Gasteiger partial charge in [0.1, 0.15) is 0 Å². The van der Waals surface area contributed by atoms with Crippen molar-refractivity contribution in [3.63, 3.8) is 0 Å². The summed E-state index contributed by atoms with van der Waals surface area (Å²) in [6, 6.07) is 0. The Morgan fingerprint density at radius 1 is 1.33 bits per heavy atom. The van der Waals surface area contributed by atoms with Crippen molar-refractivity contribution in [3.8, 4) is 0 Å². The van der Waals surface area contributed by atoms with E-state index in [0.717, 1.165) is 4.44 Å². The minimum absolute atomic E-state index is 0.213. The minimum atomic E-state index is -0.213. The number of rotatable bonds is 2. The highest BCUT2D eigenvalue weighted by Gasteiger charge is 1.86. The van der Waals surface area contributed by atoms with Crippen LogP contribution in [0.25, 0.3) is 0 Å². The molecule has 0 N–H and O–H groups in total. The smallest absolute Gasteiger partial charge is 0.255 e. The highest BCUT2D eigenvalue weighted by Crippen LogP contribution is 2.10. The highest BCUT2D eigenvalue weighted by atomic mass is 31.1. The van der Waals surface area contributed by atoms with Crippen LogP contribution in [-0.2, 0) is 9.13 Å². The molecule has 0 unspecified atom stereocenters. The van der Waals surface area contributed by atoms with Gasteiger partial charge in [0.15, 0.2) is 0 Å². The van der Waals surface area contributed by atoms with E-state index in [1.165, 1.54) is 7.05 Å². The summed E-state index contributed by atoms with van der Waals surface area (Å²) >= 11 is 0. The standard InChI is InChI=1S/CH3NO2P2/c1-2(5-3)6-4/h1H3. The lowest BCUT2D eigenvalue weighted by atomic mass is 11.6. The molecule has 0 aromatic carbocycles. The first kappa shape index (κ1) is 6.16. The maximum absolute atomic E-state index is 9.55. The molecule has 5 heteroatoms. The molecular formula is CH3NO2P2. The predicted octanol–water partition coefficient (Wildman–Crippen LogP) is 1.33. The van der Waals surface area contributed by atoms with E-state index in [4.69, 9.17) is 0 Å². The summed E-state index contributed by atoms with van der Waals surface area (Å²) in [7, 11) is 1.03. The van der Waals surface area contributed by atoms with E-state index in [9.17, 15) is 9.13 Å². The maximum Gasteiger partial charge on any atom is 0.259 e. The summed E-state index contributed by atoms with van der Waals surface area (Å²) in [5, 5.41) is 0. The zero-order chi connectivity index (χ0) is 4.99. The average molecular weight is 123 g/mol. The van der Waals surface area contributed by atoms with Crippen molar-refractivity contribution in [2.75, 3.05) is 7.05 Å². The van der Waals surface area contributed by atoms with Crippen molar-refractivity contribution in [3.05, 3.63) is 0 Å². The first-order chi connectivity index (χ1) is 2.81. The van der Waals surface area contributed by atoms with Crippen LogP contribution in [0.2, 0.25) is 0 Å². The fraction of sp³-hybridized carbons (Fsp3) is 1.00. The van der Waals surface area contributed by atoms with Gasteiger partial charge in [-0.25, -0.2) is 0 Å². The summed E-state index contributed by atoms with van der Waals surface area (Å²) in [6.07, 6.45) is 0. The molecule has 0 saturated carbocycles. The molecule has 0 aromatic rings. The molecule has 0 fully saturated rings. The van der Waals surface area contributed by atoms with Gasteiger partial charge in [-0.15, -0.1) is 4.44 Å². The van der Waals surface area contributed by atoms with Crippen LogP contribution >= 0.6 is 17.2 Å². The Morgan fingerprint density at radius 3 is 1.67 bits per heavy atom. The van der Waals surface area contributed by atoms with Gasteiger partial charge in [0.25, 0.3) is 17.2 Å². The van der Waals surface area contributed by atoms with Crippen LogP contribution in [0.5, 0.6) is 0 Å². The van der Waals surface area contributed by atoms with E-state index < -0.39 is 0 Å². The third-order valence-corrected chi connectivity index (χ3v) is 1.15. The van der Waals surface area contributed by atoms with E-state index in [1.54, 1.807) is 0 Å². The summed E-state index contributed by atoms with van der Waals surface area (Å²) in [5.41, 5.74) is 0. The third kappa shape index (κ3) is 2.40. The molecule has 34 valence electrons. The van der Waals surface area contributed by atoms with Crippen LogP contribution in [0, 0.1) is 0 Å². The van der Waals surface area contributed by atoms with E-state index in [2.05, 4.69) is 0 Å². The Morgan fingerprint density at radius 2 is 1.67 bits per heavy atom. The van der Waals surface area contributed by atoms with E-state index in [-0.39, 0.29) is 17.2 Å². The summed E-state index contributed by atoms with van der Waals surface area (Å²) < 4.78 is 20.2. The average Bonchev–Trinajstić information content (AvgIpc) is 1.65. The van der Waals surface area contributed by atoms with Gasteiger partial charge >= 0.3 is 0 Å². The normalized spacial score (nSPS) is 11.0. The van der Waals surface area contributed by atoms with Crippen LogP contribution in [-0.4, -0.2) is 11.5 Å². The lowest BCUT2D eigenvalue weighted by molar-refractivity contribution is 0.560. The van der Waals surface area contributed by atoms with Gasteiger partial charge in [-0.1, -0.05) is 0 Å². The second kappa shape index (κ2) is 3.35. The Balaban J connectivity index is 3.21. The molecular weight excluding hydrogens is 120 g/mol. The molecule has 0 atom stereocenters. The first-order valence-electron chi connectivity index (χ1n) is 1.21. The molecule has 6 heavy (non-hydrogen) atoms. The second-order valence-corrected chi connectivity index (χ2v) is 2.49. The monoisotopic (exact) mass is 123 g/mol. The third-order valence-electron chi connectivity index (χ3n) is 0.236. The molecule has 0 saturated heterocycles. The quantitative estimate of drug-likeness (QED) is 0.519. The fourth-order valence-corrected chi connectivity index (χ4v) is 0.134. The van der Waals surface area contributed by atoms with Crippen molar-refractivity contribution in [2.45, 2.75) is 0 Å². The van der Waals surface area contributed by atoms with Crippen molar-refractivity contribution < 1.29 is 9.13 Å². The lowest BCUT2D eigenvalue weighted by Crippen LogP contribution is -1.79. The highest BCUT2D eigenvalue weighted by molar-refractivity contribution is 7.37. The molecule has 0 spiro atoms. The Kier molecular flexibility index (Phi) is 3.44. The van der Waals surface area contributed by atoms with Gasteiger partial charge in [0.05, 0.1) is 0 Å². The van der Waals surface area contributed by atoms with Gasteiger partial charge in [-0.2, -0.15) is 0 Å². The zero-order valence-electron chi connectivity index (χ0n) is 3.16. The van der Waals surface area contributed by atoms with Crippen LogP contribution < -0.4 is 0 Å². The van der Waals surface area contributed by atoms with Gasteiger partial charge in [0, 0.05) is 7.05 Å². The van der Waals surface area contributed by atoms with Crippen molar-refractivity contribution in [1.29, 1.82) is 0 Å². The molecule has 0 aliphatic rings. The molecule has 3 nitrogen and oxygen atoms in total. The summed E-state index contributed by atoms with van der Waals surface area (Å²) in [6.45, 7) is 0. The Hall–Kier alpha value is 0.160. The first-order valence-corrected chi connectivity index (χ1v) is 2.74. The molecule has 0 radical (unpaired) electrons. The van der Waals surface area contributed by atoms with Gasteiger partial charge in [-0.3, -0.25) is 9.13 Å². The molecule has 0 aliphatic heterocycles. The Labute approximate surface area is 38.9 Å². The van der Waals surface area contributed by atoms with E-state index >= 15 is 0 Å². The number of nitrogens with zero attached hydrogens (tertiary/aromatic N) is 1. The summed E-state index contributed by atoms with van der Waals surface area (Å²) in [5.74, 6) is 0. The van der Waals surface area contributed by atoms with Gasteiger partial charge in [-0.05, 0) is 0 Å². The fourth-order valence-electron chi connectivity index (χ4n) is 0.0149. The molecule has 0 aromatic heterocycles. The second-order valence-electron chi connectivity index (χ2n) is 0.653. The number of hydrogen-bond acceptors (Lipinski definition) is 2. The molecule has 0 aliphatic carbocycles. The van der Waals surface area contributed by atoms with Crippen LogP contribution in [0.15, 0.2) is 0 Å². The lowest BCUT2D eigenvalue weighted by Gasteiger charge is -1.82. The topological polar surface area (TPSA) is 37.4 Å². The minimum Gasteiger partial charge on any atom is -0.255 e. The Bertz CT molecular complexity index is 56.6. The van der Waals surface area contributed by atoms with Crippen molar-refractivity contribution in [1.82, 2.24) is 4.44 Å². The molecule has 0 rings (SSSR count).